The quantitative estimate of drug-likeness (QED) is 0.625. The standard InChI is InChI=1S/C19H17N5O/c1-23-11-7-16(22-23)18-12-15(17-4-2-3-10-24(17)18)19(25)21-13-14-5-8-20-9-6-14/h2-12H,13H2,1H3,(H,21,25). The van der Waals surface area contributed by atoms with Gasteiger partial charge in [-0.15, -0.1) is 0 Å². The SMILES string of the molecule is Cn1ccc(-c2cc(C(=O)NCc3ccncc3)c3ccccn23)n1. The largest absolute Gasteiger partial charge is 0.348 e. The van der Waals surface area contributed by atoms with Gasteiger partial charge in [-0.1, -0.05) is 6.07 Å². The lowest BCUT2D eigenvalue weighted by molar-refractivity contribution is 0.0952. The smallest absolute Gasteiger partial charge is 0.253 e. The van der Waals surface area contributed by atoms with Crippen molar-refractivity contribution in [2.75, 3.05) is 0 Å². The van der Waals surface area contributed by atoms with Crippen LogP contribution in [0.2, 0.25) is 0 Å². The van der Waals surface area contributed by atoms with Gasteiger partial charge < -0.3 is 9.72 Å². The third-order valence-corrected chi connectivity index (χ3v) is 4.10. The van der Waals surface area contributed by atoms with Gasteiger partial charge in [0.1, 0.15) is 5.69 Å². The molecule has 1 N–H and O–H groups in total. The number of pyridine rings is 2. The van der Waals surface area contributed by atoms with E-state index in [1.807, 2.05) is 66.3 Å². The van der Waals surface area contributed by atoms with E-state index in [1.165, 1.54) is 0 Å². The second-order valence-corrected chi connectivity index (χ2v) is 5.81. The average Bonchev–Trinajstić information content (AvgIpc) is 3.24. The summed E-state index contributed by atoms with van der Waals surface area (Å²) < 4.78 is 3.74. The van der Waals surface area contributed by atoms with Crippen molar-refractivity contribution in [1.29, 1.82) is 0 Å². The number of aromatic nitrogens is 4. The minimum Gasteiger partial charge on any atom is -0.348 e. The minimum atomic E-state index is -0.109. The van der Waals surface area contributed by atoms with Crippen LogP contribution in [0, 0.1) is 0 Å². The van der Waals surface area contributed by atoms with Crippen LogP contribution >= 0.6 is 0 Å². The molecule has 0 unspecified atom stereocenters. The normalized spacial score (nSPS) is 10.9. The second-order valence-electron chi connectivity index (χ2n) is 5.81. The summed E-state index contributed by atoms with van der Waals surface area (Å²) in [7, 11) is 1.88. The van der Waals surface area contributed by atoms with Crippen molar-refractivity contribution < 1.29 is 4.79 Å². The molecular formula is C19H17N5O. The van der Waals surface area contributed by atoms with Crippen LogP contribution in [0.5, 0.6) is 0 Å². The highest BCUT2D eigenvalue weighted by atomic mass is 16.1. The monoisotopic (exact) mass is 331 g/mol. The molecule has 4 aromatic heterocycles. The third-order valence-electron chi connectivity index (χ3n) is 4.10. The molecule has 0 atom stereocenters. The number of hydrogen-bond acceptors (Lipinski definition) is 3. The van der Waals surface area contributed by atoms with Crippen LogP contribution in [-0.2, 0) is 13.6 Å². The van der Waals surface area contributed by atoms with Crippen molar-refractivity contribution in [3.8, 4) is 11.4 Å². The zero-order valence-electron chi connectivity index (χ0n) is 13.8. The summed E-state index contributed by atoms with van der Waals surface area (Å²) in [5.74, 6) is -0.109. The molecule has 0 aliphatic carbocycles. The molecule has 0 saturated carbocycles. The number of aryl methyl sites for hydroxylation is 1. The number of hydrogen-bond donors (Lipinski definition) is 1. The number of carbonyl (C=O) groups is 1. The van der Waals surface area contributed by atoms with E-state index in [-0.39, 0.29) is 5.91 Å². The van der Waals surface area contributed by atoms with E-state index in [4.69, 9.17) is 0 Å². The predicted molar refractivity (Wildman–Crippen MR) is 95.0 cm³/mol. The van der Waals surface area contributed by atoms with E-state index in [0.29, 0.717) is 12.1 Å². The Morgan fingerprint density at radius 2 is 1.96 bits per heavy atom. The van der Waals surface area contributed by atoms with Crippen LogP contribution < -0.4 is 5.32 Å². The summed E-state index contributed by atoms with van der Waals surface area (Å²) >= 11 is 0. The van der Waals surface area contributed by atoms with Crippen molar-refractivity contribution in [1.82, 2.24) is 24.5 Å². The molecule has 0 radical (unpaired) electrons. The fourth-order valence-electron chi connectivity index (χ4n) is 2.86. The van der Waals surface area contributed by atoms with E-state index in [2.05, 4.69) is 15.4 Å². The number of fused-ring (bicyclic) bond motifs is 1. The Kier molecular flexibility index (Phi) is 3.78. The van der Waals surface area contributed by atoms with E-state index < -0.39 is 0 Å². The molecule has 4 rings (SSSR count). The first-order valence-corrected chi connectivity index (χ1v) is 7.99. The fraction of sp³-hybridized carbons (Fsp3) is 0.105. The maximum atomic E-state index is 12.7. The summed E-state index contributed by atoms with van der Waals surface area (Å²) in [5, 5.41) is 7.43. The minimum absolute atomic E-state index is 0.109. The van der Waals surface area contributed by atoms with Crippen LogP contribution in [-0.4, -0.2) is 25.1 Å². The molecular weight excluding hydrogens is 314 g/mol. The van der Waals surface area contributed by atoms with E-state index in [1.54, 1.807) is 17.1 Å². The van der Waals surface area contributed by atoms with E-state index >= 15 is 0 Å². The van der Waals surface area contributed by atoms with E-state index in [9.17, 15) is 4.79 Å². The highest BCUT2D eigenvalue weighted by Crippen LogP contribution is 2.25. The first-order chi connectivity index (χ1) is 12.2. The number of nitrogens with one attached hydrogen (secondary N) is 1. The topological polar surface area (TPSA) is 64.2 Å². The Labute approximate surface area is 144 Å². The maximum Gasteiger partial charge on any atom is 0.253 e. The van der Waals surface area contributed by atoms with Crippen LogP contribution in [0.25, 0.3) is 16.9 Å². The van der Waals surface area contributed by atoms with Crippen molar-refractivity contribution in [3.05, 3.63) is 78.4 Å². The summed E-state index contributed by atoms with van der Waals surface area (Å²) in [6.45, 7) is 0.463. The second kappa shape index (κ2) is 6.24. The molecule has 124 valence electrons. The summed E-state index contributed by atoms with van der Waals surface area (Å²) in [6, 6.07) is 13.4. The molecule has 0 aliphatic rings. The molecule has 25 heavy (non-hydrogen) atoms. The van der Waals surface area contributed by atoms with Gasteiger partial charge in [0.25, 0.3) is 5.91 Å². The Hall–Kier alpha value is -3.41. The maximum absolute atomic E-state index is 12.7. The average molecular weight is 331 g/mol. The molecule has 0 aliphatic heterocycles. The Bertz CT molecular complexity index is 1030. The number of nitrogens with zero attached hydrogens (tertiary/aromatic N) is 4. The number of carbonyl (C=O) groups excluding carboxylic acids is 1. The Balaban J connectivity index is 1.68. The fourth-order valence-corrected chi connectivity index (χ4v) is 2.86. The lowest BCUT2D eigenvalue weighted by atomic mass is 10.2. The highest BCUT2D eigenvalue weighted by molar-refractivity contribution is 6.02. The third kappa shape index (κ3) is 2.89. The summed E-state index contributed by atoms with van der Waals surface area (Å²) in [6.07, 6.45) is 7.27. The van der Waals surface area contributed by atoms with Crippen molar-refractivity contribution in [2.45, 2.75) is 6.54 Å². The zero-order chi connectivity index (χ0) is 17.2. The first-order valence-electron chi connectivity index (χ1n) is 7.99. The lowest BCUT2D eigenvalue weighted by Crippen LogP contribution is -2.22. The molecule has 0 fully saturated rings. The van der Waals surface area contributed by atoms with Gasteiger partial charge in [-0.3, -0.25) is 14.5 Å². The molecule has 6 heteroatoms. The summed E-state index contributed by atoms with van der Waals surface area (Å²) in [4.78, 5) is 16.7. The molecule has 1 amide bonds. The van der Waals surface area contributed by atoms with Gasteiger partial charge in [0, 0.05) is 38.4 Å². The molecule has 0 aromatic carbocycles. The van der Waals surface area contributed by atoms with Crippen molar-refractivity contribution in [2.24, 2.45) is 7.05 Å². The molecule has 0 bridgehead atoms. The van der Waals surface area contributed by atoms with E-state index in [0.717, 1.165) is 22.5 Å². The Morgan fingerprint density at radius 3 is 2.72 bits per heavy atom. The van der Waals surface area contributed by atoms with Gasteiger partial charge in [0.2, 0.25) is 0 Å². The van der Waals surface area contributed by atoms with Gasteiger partial charge >= 0.3 is 0 Å². The van der Waals surface area contributed by atoms with Gasteiger partial charge in [0.05, 0.1) is 16.8 Å². The molecule has 4 aromatic rings. The molecule has 4 heterocycles. The molecule has 0 spiro atoms. The van der Waals surface area contributed by atoms with Crippen LogP contribution in [0.15, 0.2) is 67.3 Å². The van der Waals surface area contributed by atoms with Crippen LogP contribution in [0.4, 0.5) is 0 Å². The number of rotatable bonds is 4. The Morgan fingerprint density at radius 1 is 1.12 bits per heavy atom. The van der Waals surface area contributed by atoms with Gasteiger partial charge in [0.15, 0.2) is 0 Å². The number of amides is 1. The van der Waals surface area contributed by atoms with Gasteiger partial charge in [-0.25, -0.2) is 0 Å². The predicted octanol–water partition coefficient (Wildman–Crippen LogP) is 2.66. The van der Waals surface area contributed by atoms with Crippen molar-refractivity contribution in [3.63, 3.8) is 0 Å². The lowest BCUT2D eigenvalue weighted by Gasteiger charge is -2.04. The molecule has 0 saturated heterocycles. The van der Waals surface area contributed by atoms with Gasteiger partial charge in [-0.2, -0.15) is 5.10 Å². The van der Waals surface area contributed by atoms with Gasteiger partial charge in [-0.05, 0) is 42.0 Å². The van der Waals surface area contributed by atoms with Crippen LogP contribution in [0.1, 0.15) is 15.9 Å². The first kappa shape index (κ1) is 15.1. The zero-order valence-corrected chi connectivity index (χ0v) is 13.8. The molecule has 6 nitrogen and oxygen atoms in total. The highest BCUT2D eigenvalue weighted by Gasteiger charge is 2.17. The van der Waals surface area contributed by atoms with Crippen molar-refractivity contribution >= 4 is 11.4 Å². The summed E-state index contributed by atoms with van der Waals surface area (Å²) in [5.41, 5.74) is 4.23. The van der Waals surface area contributed by atoms with Crippen LogP contribution in [0.3, 0.4) is 0 Å².